The topological polar surface area (TPSA) is 99.8 Å². The molecule has 35 heavy (non-hydrogen) atoms. The summed E-state index contributed by atoms with van der Waals surface area (Å²) in [5, 5.41) is 7.73. The van der Waals surface area contributed by atoms with E-state index in [9.17, 15) is 22.8 Å². The van der Waals surface area contributed by atoms with Gasteiger partial charge in [-0.1, -0.05) is 18.2 Å². The molecule has 2 aromatic carbocycles. The summed E-state index contributed by atoms with van der Waals surface area (Å²) in [6.45, 7) is 0. The lowest BCUT2D eigenvalue weighted by molar-refractivity contribution is -0.141. The monoisotopic (exact) mass is 475 g/mol. The lowest BCUT2D eigenvalue weighted by Crippen LogP contribution is -2.20. The Morgan fingerprint density at radius 3 is 2.29 bits per heavy atom. The number of alkyl halides is 3. The van der Waals surface area contributed by atoms with E-state index < -0.39 is 23.3 Å². The first-order valence-corrected chi connectivity index (χ1v) is 10.4. The summed E-state index contributed by atoms with van der Waals surface area (Å²) in [6, 6.07) is 17.8. The van der Waals surface area contributed by atoms with Crippen molar-refractivity contribution in [1.82, 2.24) is 15.0 Å². The van der Waals surface area contributed by atoms with Gasteiger partial charge in [0.2, 0.25) is 0 Å². The second-order valence-corrected chi connectivity index (χ2v) is 7.64. The van der Waals surface area contributed by atoms with E-state index in [0.29, 0.717) is 28.1 Å². The van der Waals surface area contributed by atoms with Gasteiger partial charge >= 0.3 is 6.18 Å². The molecule has 0 saturated heterocycles. The number of nitrogens with zero attached hydrogens (tertiary/aromatic N) is 2. The van der Waals surface area contributed by atoms with Crippen LogP contribution in [0.4, 0.5) is 30.2 Å². The molecule has 0 aliphatic rings. The van der Waals surface area contributed by atoms with E-state index in [1.807, 2.05) is 12.1 Å². The van der Waals surface area contributed by atoms with Crippen molar-refractivity contribution in [3.63, 3.8) is 0 Å². The number of carbonyl (C=O) groups excluding carboxylic acids is 1. The Labute approximate surface area is 195 Å². The van der Waals surface area contributed by atoms with Crippen LogP contribution in [0, 0.1) is 0 Å². The fourth-order valence-corrected chi connectivity index (χ4v) is 3.81. The van der Waals surface area contributed by atoms with Gasteiger partial charge in [-0.25, -0.2) is 4.98 Å². The van der Waals surface area contributed by atoms with Crippen LogP contribution >= 0.6 is 0 Å². The lowest BCUT2D eigenvalue weighted by Gasteiger charge is -2.13. The molecule has 1 amide bonds. The molecule has 0 spiro atoms. The lowest BCUT2D eigenvalue weighted by atomic mass is 10.1. The number of amides is 1. The third kappa shape index (κ3) is 4.29. The van der Waals surface area contributed by atoms with Crippen LogP contribution < -0.4 is 16.2 Å². The zero-order valence-corrected chi connectivity index (χ0v) is 17.9. The summed E-state index contributed by atoms with van der Waals surface area (Å²) >= 11 is 0. The van der Waals surface area contributed by atoms with Crippen molar-refractivity contribution in [2.24, 2.45) is 0 Å². The number of benzene rings is 2. The molecule has 3 N–H and O–H groups in total. The van der Waals surface area contributed by atoms with Crippen LogP contribution in [0.25, 0.3) is 21.8 Å². The number of pyridine rings is 3. The molecule has 3 heterocycles. The number of H-pyrrole nitrogens is 1. The first-order chi connectivity index (χ1) is 16.8. The molecule has 0 aliphatic heterocycles. The fraction of sp³-hybridized carbons (Fsp3) is 0.0400. The van der Waals surface area contributed by atoms with Gasteiger partial charge < -0.3 is 15.6 Å². The molecule has 5 aromatic rings. The number of anilines is 3. The summed E-state index contributed by atoms with van der Waals surface area (Å²) < 4.78 is 39.5. The molecule has 0 aliphatic carbocycles. The highest BCUT2D eigenvalue weighted by molar-refractivity contribution is 6.11. The molecule has 0 fully saturated rings. The molecular formula is C25H16F3N5O2. The van der Waals surface area contributed by atoms with Gasteiger partial charge in [0.1, 0.15) is 5.65 Å². The van der Waals surface area contributed by atoms with Gasteiger partial charge in [-0.05, 0) is 48.5 Å². The van der Waals surface area contributed by atoms with Gasteiger partial charge in [-0.3, -0.25) is 14.6 Å². The summed E-state index contributed by atoms with van der Waals surface area (Å²) in [7, 11) is 0. The van der Waals surface area contributed by atoms with Gasteiger partial charge in [-0.2, -0.15) is 13.2 Å². The highest BCUT2D eigenvalue weighted by Crippen LogP contribution is 2.31. The second-order valence-electron chi connectivity index (χ2n) is 7.64. The maximum atomic E-state index is 13.2. The smallest absolute Gasteiger partial charge is 0.355 e. The normalized spacial score (nSPS) is 11.5. The Bertz CT molecular complexity index is 1630. The molecule has 7 nitrogen and oxygen atoms in total. The Morgan fingerprint density at radius 2 is 1.54 bits per heavy atom. The van der Waals surface area contributed by atoms with E-state index in [1.165, 1.54) is 6.07 Å². The molecule has 0 atom stereocenters. The van der Waals surface area contributed by atoms with Crippen LogP contribution in [0.1, 0.15) is 16.1 Å². The molecular weight excluding hydrogens is 459 g/mol. The maximum absolute atomic E-state index is 13.2. The molecule has 0 radical (unpaired) electrons. The minimum Gasteiger partial charge on any atom is -0.355 e. The number of aromatic amines is 1. The quantitative estimate of drug-likeness (QED) is 0.299. The molecule has 3 aromatic heterocycles. The van der Waals surface area contributed by atoms with Gasteiger partial charge in [0, 0.05) is 39.9 Å². The Morgan fingerprint density at radius 1 is 0.829 bits per heavy atom. The second kappa shape index (κ2) is 8.56. The van der Waals surface area contributed by atoms with Crippen molar-refractivity contribution in [3.8, 4) is 0 Å². The molecule has 174 valence electrons. The van der Waals surface area contributed by atoms with Crippen molar-refractivity contribution < 1.29 is 18.0 Å². The largest absolute Gasteiger partial charge is 0.434 e. The SMILES string of the molecule is O=C(Nc1ccc(Nc2ccnc3[nH]c(=O)c4ccccc4c23)cc1)c1cccnc1C(F)(F)F. The van der Waals surface area contributed by atoms with E-state index in [2.05, 4.69) is 25.6 Å². The standard InChI is InChI=1S/C25H16F3N5O2/c26-25(27,28)21-18(6-3-12-29-21)24(35)32-15-9-7-14(8-10-15)31-19-11-13-30-22-20(19)16-4-1-2-5-17(16)23(34)33-22/h1-13H,(H,32,35)(H2,30,31,33,34). The van der Waals surface area contributed by atoms with E-state index in [0.717, 1.165) is 23.0 Å². The van der Waals surface area contributed by atoms with E-state index in [1.54, 1.807) is 48.7 Å². The van der Waals surface area contributed by atoms with Crippen molar-refractivity contribution in [2.75, 3.05) is 10.6 Å². The average Bonchev–Trinajstić information content (AvgIpc) is 2.85. The zero-order chi connectivity index (χ0) is 24.6. The molecule has 5 rings (SSSR count). The van der Waals surface area contributed by atoms with Crippen molar-refractivity contribution in [1.29, 1.82) is 0 Å². The third-order valence-corrected chi connectivity index (χ3v) is 5.37. The predicted octanol–water partition coefficient (Wildman–Crippen LogP) is 5.49. The first kappa shape index (κ1) is 22.1. The van der Waals surface area contributed by atoms with E-state index >= 15 is 0 Å². The fourth-order valence-electron chi connectivity index (χ4n) is 3.81. The highest BCUT2D eigenvalue weighted by atomic mass is 19.4. The molecule has 0 saturated carbocycles. The number of rotatable bonds is 4. The van der Waals surface area contributed by atoms with Crippen LogP contribution in [0.5, 0.6) is 0 Å². The summed E-state index contributed by atoms with van der Waals surface area (Å²) in [5.74, 6) is -0.915. The minimum atomic E-state index is -4.75. The Hall–Kier alpha value is -4.73. The van der Waals surface area contributed by atoms with Crippen molar-refractivity contribution in [3.05, 3.63) is 101 Å². The Kier molecular flexibility index (Phi) is 5.40. The van der Waals surface area contributed by atoms with Crippen molar-refractivity contribution >= 4 is 44.8 Å². The summed E-state index contributed by atoms with van der Waals surface area (Å²) in [4.78, 5) is 35.2. The zero-order valence-electron chi connectivity index (χ0n) is 17.9. The number of hydrogen-bond donors (Lipinski definition) is 3. The summed E-state index contributed by atoms with van der Waals surface area (Å²) in [6.07, 6.45) is -2.19. The number of nitrogens with one attached hydrogen (secondary N) is 3. The number of hydrogen-bond acceptors (Lipinski definition) is 5. The highest BCUT2D eigenvalue weighted by Gasteiger charge is 2.36. The minimum absolute atomic E-state index is 0.236. The van der Waals surface area contributed by atoms with Crippen LogP contribution in [0.3, 0.4) is 0 Å². The number of carbonyl (C=O) groups is 1. The number of aromatic nitrogens is 3. The third-order valence-electron chi connectivity index (χ3n) is 5.37. The van der Waals surface area contributed by atoms with Crippen LogP contribution in [0.2, 0.25) is 0 Å². The first-order valence-electron chi connectivity index (χ1n) is 10.4. The Balaban J connectivity index is 1.42. The molecule has 0 bridgehead atoms. The van der Waals surface area contributed by atoms with Crippen LogP contribution in [-0.2, 0) is 6.18 Å². The van der Waals surface area contributed by atoms with Gasteiger partial charge in [-0.15, -0.1) is 0 Å². The summed E-state index contributed by atoms with van der Waals surface area (Å²) in [5.41, 5.74) is 0.0519. The van der Waals surface area contributed by atoms with Crippen molar-refractivity contribution in [2.45, 2.75) is 6.18 Å². The van der Waals surface area contributed by atoms with E-state index in [4.69, 9.17) is 0 Å². The van der Waals surface area contributed by atoms with Crippen LogP contribution in [0.15, 0.2) is 83.9 Å². The van der Waals surface area contributed by atoms with Crippen LogP contribution in [-0.4, -0.2) is 20.9 Å². The molecule has 10 heteroatoms. The van der Waals surface area contributed by atoms with Gasteiger partial charge in [0.15, 0.2) is 5.69 Å². The number of fused-ring (bicyclic) bond motifs is 3. The molecule has 0 unspecified atom stereocenters. The average molecular weight is 475 g/mol. The maximum Gasteiger partial charge on any atom is 0.434 e. The van der Waals surface area contributed by atoms with Gasteiger partial charge in [0.25, 0.3) is 11.5 Å². The number of halogens is 3. The van der Waals surface area contributed by atoms with E-state index in [-0.39, 0.29) is 5.56 Å². The predicted molar refractivity (Wildman–Crippen MR) is 127 cm³/mol. The van der Waals surface area contributed by atoms with Gasteiger partial charge in [0.05, 0.1) is 11.3 Å².